The van der Waals surface area contributed by atoms with Crippen LogP contribution in [0.3, 0.4) is 0 Å². The highest BCUT2D eigenvalue weighted by atomic mass is 19.1. The molecule has 0 atom stereocenters. The molecule has 0 aliphatic heterocycles. The predicted octanol–water partition coefficient (Wildman–Crippen LogP) is 3.57. The SMILES string of the molecule is O=C(O)c1ccccc1Cn1ccnc1-c1ccc(F)cc1F. The van der Waals surface area contributed by atoms with Gasteiger partial charge < -0.3 is 9.67 Å². The molecule has 0 aliphatic carbocycles. The third kappa shape index (κ3) is 2.96. The summed E-state index contributed by atoms with van der Waals surface area (Å²) in [7, 11) is 0. The summed E-state index contributed by atoms with van der Waals surface area (Å²) in [5.41, 5.74) is 0.901. The number of carboxylic acid groups (broad SMARTS) is 1. The largest absolute Gasteiger partial charge is 0.478 e. The number of nitrogens with zero attached hydrogens (tertiary/aromatic N) is 2. The van der Waals surface area contributed by atoms with Crippen molar-refractivity contribution < 1.29 is 18.7 Å². The Morgan fingerprint density at radius 1 is 1.17 bits per heavy atom. The first-order chi connectivity index (χ1) is 11.1. The van der Waals surface area contributed by atoms with Crippen molar-refractivity contribution in [2.45, 2.75) is 6.54 Å². The van der Waals surface area contributed by atoms with Crippen molar-refractivity contribution in [1.29, 1.82) is 0 Å². The first-order valence-corrected chi connectivity index (χ1v) is 6.84. The average molecular weight is 314 g/mol. The molecule has 23 heavy (non-hydrogen) atoms. The maximum absolute atomic E-state index is 14.0. The Bertz CT molecular complexity index is 875. The lowest BCUT2D eigenvalue weighted by Gasteiger charge is -2.11. The van der Waals surface area contributed by atoms with Crippen LogP contribution in [-0.4, -0.2) is 20.6 Å². The van der Waals surface area contributed by atoms with E-state index < -0.39 is 17.6 Å². The Labute approximate surface area is 130 Å². The summed E-state index contributed by atoms with van der Waals surface area (Å²) in [6.07, 6.45) is 3.11. The van der Waals surface area contributed by atoms with E-state index in [0.717, 1.165) is 12.1 Å². The number of benzene rings is 2. The molecule has 0 bridgehead atoms. The second-order valence-corrected chi connectivity index (χ2v) is 4.97. The lowest BCUT2D eigenvalue weighted by molar-refractivity contribution is 0.0695. The number of hydrogen-bond acceptors (Lipinski definition) is 2. The van der Waals surface area contributed by atoms with Gasteiger partial charge in [0, 0.05) is 25.0 Å². The van der Waals surface area contributed by atoms with Crippen LogP contribution in [0, 0.1) is 11.6 Å². The monoisotopic (exact) mass is 314 g/mol. The summed E-state index contributed by atoms with van der Waals surface area (Å²) < 4.78 is 28.6. The van der Waals surface area contributed by atoms with E-state index in [0.29, 0.717) is 11.4 Å². The Morgan fingerprint density at radius 2 is 1.96 bits per heavy atom. The third-order valence-electron chi connectivity index (χ3n) is 3.48. The van der Waals surface area contributed by atoms with Crippen LogP contribution < -0.4 is 0 Å². The quantitative estimate of drug-likeness (QED) is 0.801. The predicted molar refractivity (Wildman–Crippen MR) is 80.1 cm³/mol. The Kier molecular flexibility index (Phi) is 3.89. The molecule has 0 amide bonds. The minimum atomic E-state index is -1.03. The molecular weight excluding hydrogens is 302 g/mol. The fourth-order valence-corrected chi connectivity index (χ4v) is 2.40. The van der Waals surface area contributed by atoms with Gasteiger partial charge >= 0.3 is 5.97 Å². The van der Waals surface area contributed by atoms with Gasteiger partial charge in [0.1, 0.15) is 17.5 Å². The molecule has 6 heteroatoms. The maximum atomic E-state index is 14.0. The van der Waals surface area contributed by atoms with Crippen LogP contribution in [0.2, 0.25) is 0 Å². The molecular formula is C17H12F2N2O2. The van der Waals surface area contributed by atoms with Crippen molar-refractivity contribution in [1.82, 2.24) is 9.55 Å². The van der Waals surface area contributed by atoms with Crippen molar-refractivity contribution >= 4 is 5.97 Å². The van der Waals surface area contributed by atoms with E-state index >= 15 is 0 Å². The van der Waals surface area contributed by atoms with Crippen LogP contribution in [0.15, 0.2) is 54.9 Å². The molecule has 1 heterocycles. The first-order valence-electron chi connectivity index (χ1n) is 6.84. The van der Waals surface area contributed by atoms with Gasteiger partial charge in [0.15, 0.2) is 0 Å². The molecule has 1 N–H and O–H groups in total. The Balaban J connectivity index is 2.01. The number of imidazole rings is 1. The highest BCUT2D eigenvalue weighted by Gasteiger charge is 2.15. The maximum Gasteiger partial charge on any atom is 0.336 e. The zero-order chi connectivity index (χ0) is 16.4. The van der Waals surface area contributed by atoms with Gasteiger partial charge in [-0.05, 0) is 23.8 Å². The van der Waals surface area contributed by atoms with Gasteiger partial charge in [-0.3, -0.25) is 0 Å². The average Bonchev–Trinajstić information content (AvgIpc) is 2.95. The van der Waals surface area contributed by atoms with E-state index in [9.17, 15) is 18.7 Å². The van der Waals surface area contributed by atoms with E-state index in [1.54, 1.807) is 29.0 Å². The van der Waals surface area contributed by atoms with Crippen LogP contribution >= 0.6 is 0 Å². The van der Waals surface area contributed by atoms with Gasteiger partial charge in [-0.1, -0.05) is 18.2 Å². The molecule has 0 saturated carbocycles. The molecule has 0 spiro atoms. The highest BCUT2D eigenvalue weighted by molar-refractivity contribution is 5.89. The van der Waals surface area contributed by atoms with Crippen LogP contribution in [-0.2, 0) is 6.54 Å². The van der Waals surface area contributed by atoms with E-state index in [1.165, 1.54) is 18.3 Å². The summed E-state index contributed by atoms with van der Waals surface area (Å²) in [6, 6.07) is 9.83. The zero-order valence-electron chi connectivity index (χ0n) is 11.9. The van der Waals surface area contributed by atoms with Crippen LogP contribution in [0.25, 0.3) is 11.4 Å². The molecule has 0 saturated heterocycles. The minimum absolute atomic E-state index is 0.157. The van der Waals surface area contributed by atoms with Gasteiger partial charge in [0.25, 0.3) is 0 Å². The number of carbonyl (C=O) groups is 1. The second-order valence-electron chi connectivity index (χ2n) is 4.97. The zero-order valence-corrected chi connectivity index (χ0v) is 11.9. The molecule has 1 aromatic heterocycles. The molecule has 4 nitrogen and oxygen atoms in total. The van der Waals surface area contributed by atoms with E-state index in [-0.39, 0.29) is 17.7 Å². The number of aromatic nitrogens is 2. The minimum Gasteiger partial charge on any atom is -0.478 e. The number of rotatable bonds is 4. The summed E-state index contributed by atoms with van der Waals surface area (Å²) in [5.74, 6) is -2.11. The second kappa shape index (κ2) is 6.00. The molecule has 0 radical (unpaired) electrons. The molecule has 0 unspecified atom stereocenters. The fraction of sp³-hybridized carbons (Fsp3) is 0.0588. The van der Waals surface area contributed by atoms with Crippen molar-refractivity contribution in [3.63, 3.8) is 0 Å². The first kappa shape index (κ1) is 14.9. The molecule has 116 valence electrons. The topological polar surface area (TPSA) is 55.1 Å². The fourth-order valence-electron chi connectivity index (χ4n) is 2.40. The van der Waals surface area contributed by atoms with Crippen molar-refractivity contribution in [3.05, 3.63) is 77.6 Å². The van der Waals surface area contributed by atoms with Crippen LogP contribution in [0.4, 0.5) is 8.78 Å². The van der Waals surface area contributed by atoms with Crippen LogP contribution in [0.1, 0.15) is 15.9 Å². The number of halogens is 2. The highest BCUT2D eigenvalue weighted by Crippen LogP contribution is 2.23. The molecule has 3 aromatic rings. The van der Waals surface area contributed by atoms with Gasteiger partial charge in [0.2, 0.25) is 0 Å². The lowest BCUT2D eigenvalue weighted by Crippen LogP contribution is -2.08. The van der Waals surface area contributed by atoms with Crippen molar-refractivity contribution in [2.24, 2.45) is 0 Å². The summed E-state index contributed by atoms with van der Waals surface area (Å²) in [6.45, 7) is 0.217. The standard InChI is InChI=1S/C17H12F2N2O2/c18-12-5-6-14(15(19)9-12)16-20-7-8-21(16)10-11-3-1-2-4-13(11)17(22)23/h1-9H,10H2,(H,22,23). The van der Waals surface area contributed by atoms with E-state index in [2.05, 4.69) is 4.98 Å². The lowest BCUT2D eigenvalue weighted by atomic mass is 10.1. The Hall–Kier alpha value is -3.02. The van der Waals surface area contributed by atoms with Crippen LogP contribution in [0.5, 0.6) is 0 Å². The number of carboxylic acids is 1. The summed E-state index contributed by atoms with van der Waals surface area (Å²) in [5, 5.41) is 9.23. The van der Waals surface area contributed by atoms with Gasteiger partial charge in [-0.2, -0.15) is 0 Å². The normalized spacial score (nSPS) is 10.7. The molecule has 0 fully saturated rings. The van der Waals surface area contributed by atoms with Crippen molar-refractivity contribution in [3.8, 4) is 11.4 Å². The van der Waals surface area contributed by atoms with E-state index in [4.69, 9.17) is 0 Å². The smallest absolute Gasteiger partial charge is 0.336 e. The molecule has 0 aliphatic rings. The summed E-state index contributed by atoms with van der Waals surface area (Å²) in [4.78, 5) is 15.4. The third-order valence-corrected chi connectivity index (χ3v) is 3.48. The Morgan fingerprint density at radius 3 is 2.70 bits per heavy atom. The van der Waals surface area contributed by atoms with Crippen molar-refractivity contribution in [2.75, 3.05) is 0 Å². The molecule has 2 aromatic carbocycles. The van der Waals surface area contributed by atoms with Gasteiger partial charge in [-0.15, -0.1) is 0 Å². The van der Waals surface area contributed by atoms with Gasteiger partial charge in [0.05, 0.1) is 11.1 Å². The van der Waals surface area contributed by atoms with Gasteiger partial charge in [-0.25, -0.2) is 18.6 Å². The molecule has 3 rings (SSSR count). The number of hydrogen-bond donors (Lipinski definition) is 1. The summed E-state index contributed by atoms with van der Waals surface area (Å²) >= 11 is 0. The van der Waals surface area contributed by atoms with E-state index in [1.807, 2.05) is 0 Å². The number of aromatic carboxylic acids is 1.